The SMILES string of the molecule is CC1c2cccn2CCN1S(=O)(=O)c1ccc(SC(F)(F)F)cc1. The van der Waals surface area contributed by atoms with E-state index in [4.69, 9.17) is 0 Å². The van der Waals surface area contributed by atoms with Gasteiger partial charge in [0, 0.05) is 29.9 Å². The minimum atomic E-state index is -4.40. The van der Waals surface area contributed by atoms with E-state index >= 15 is 0 Å². The van der Waals surface area contributed by atoms with E-state index in [2.05, 4.69) is 0 Å². The number of aromatic nitrogens is 1. The van der Waals surface area contributed by atoms with Gasteiger partial charge in [0.15, 0.2) is 0 Å². The van der Waals surface area contributed by atoms with E-state index in [0.29, 0.717) is 13.1 Å². The van der Waals surface area contributed by atoms with Crippen molar-refractivity contribution in [1.82, 2.24) is 8.87 Å². The summed E-state index contributed by atoms with van der Waals surface area (Å²) in [6.07, 6.45) is 1.90. The van der Waals surface area contributed by atoms with Crippen LogP contribution >= 0.6 is 11.8 Å². The van der Waals surface area contributed by atoms with Crippen molar-refractivity contribution < 1.29 is 21.6 Å². The third-order valence-electron chi connectivity index (χ3n) is 3.95. The molecule has 9 heteroatoms. The minimum Gasteiger partial charge on any atom is -0.349 e. The molecule has 0 spiro atoms. The normalized spacial score (nSPS) is 19.2. The van der Waals surface area contributed by atoms with Crippen LogP contribution < -0.4 is 0 Å². The van der Waals surface area contributed by atoms with Gasteiger partial charge in [0.2, 0.25) is 10.0 Å². The summed E-state index contributed by atoms with van der Waals surface area (Å²) in [5.41, 5.74) is -3.50. The number of hydrogen-bond acceptors (Lipinski definition) is 3. The van der Waals surface area contributed by atoms with Crippen LogP contribution in [0.25, 0.3) is 0 Å². The fourth-order valence-corrected chi connectivity index (χ4v) is 4.97. The number of rotatable bonds is 3. The number of halogens is 3. The molecule has 2 aromatic rings. The van der Waals surface area contributed by atoms with Gasteiger partial charge in [0.05, 0.1) is 10.9 Å². The average Bonchev–Trinajstić information content (AvgIpc) is 2.95. The first-order chi connectivity index (χ1) is 11.2. The summed E-state index contributed by atoms with van der Waals surface area (Å²) in [7, 11) is -3.76. The molecule has 0 N–H and O–H groups in total. The molecule has 1 aliphatic heterocycles. The van der Waals surface area contributed by atoms with E-state index in [-0.39, 0.29) is 27.6 Å². The Morgan fingerprint density at radius 2 is 1.79 bits per heavy atom. The van der Waals surface area contributed by atoms with Crippen LogP contribution in [0.5, 0.6) is 0 Å². The Bertz CT molecular complexity index is 829. The van der Waals surface area contributed by atoms with E-state index in [0.717, 1.165) is 5.69 Å². The molecule has 1 unspecified atom stereocenters. The first-order valence-electron chi connectivity index (χ1n) is 7.21. The standard InChI is InChI=1S/C15H15F3N2O2S2/c1-11-14-3-2-8-19(14)9-10-20(11)24(21,22)13-6-4-12(5-7-13)23-15(16,17)18/h2-8,11H,9-10H2,1H3. The number of sulfonamides is 1. The van der Waals surface area contributed by atoms with Crippen LogP contribution in [0.3, 0.4) is 0 Å². The summed E-state index contributed by atoms with van der Waals surface area (Å²) in [6.45, 7) is 2.68. The van der Waals surface area contributed by atoms with Gasteiger partial charge in [-0.15, -0.1) is 0 Å². The molecular formula is C15H15F3N2O2S2. The fourth-order valence-electron chi connectivity index (χ4n) is 2.83. The molecule has 130 valence electrons. The van der Waals surface area contributed by atoms with Gasteiger partial charge in [0.1, 0.15) is 0 Å². The lowest BCUT2D eigenvalue weighted by Gasteiger charge is -2.33. The molecule has 1 aromatic heterocycles. The summed E-state index contributed by atoms with van der Waals surface area (Å²) in [5.74, 6) is 0. The van der Waals surface area contributed by atoms with Crippen LogP contribution in [-0.4, -0.2) is 29.3 Å². The Kier molecular flexibility index (Phi) is 4.43. The van der Waals surface area contributed by atoms with Gasteiger partial charge in [-0.2, -0.15) is 17.5 Å². The molecule has 1 atom stereocenters. The molecule has 2 heterocycles. The quantitative estimate of drug-likeness (QED) is 0.764. The summed E-state index contributed by atoms with van der Waals surface area (Å²) in [4.78, 5) is -0.0390. The largest absolute Gasteiger partial charge is 0.446 e. The molecule has 0 saturated heterocycles. The molecule has 0 radical (unpaired) electrons. The van der Waals surface area contributed by atoms with Crippen molar-refractivity contribution in [3.8, 4) is 0 Å². The molecule has 0 amide bonds. The monoisotopic (exact) mass is 376 g/mol. The molecule has 0 saturated carbocycles. The van der Waals surface area contributed by atoms with Gasteiger partial charge in [-0.25, -0.2) is 8.42 Å². The second-order valence-electron chi connectivity index (χ2n) is 5.44. The van der Waals surface area contributed by atoms with E-state index in [1.807, 2.05) is 22.9 Å². The third-order valence-corrected chi connectivity index (χ3v) is 6.67. The first kappa shape index (κ1) is 17.4. The van der Waals surface area contributed by atoms with Crippen LogP contribution in [0.4, 0.5) is 13.2 Å². The highest BCUT2D eigenvalue weighted by Crippen LogP contribution is 2.37. The maximum absolute atomic E-state index is 12.8. The number of alkyl halides is 3. The van der Waals surface area contributed by atoms with Gasteiger partial charge >= 0.3 is 5.51 Å². The fraction of sp³-hybridized carbons (Fsp3) is 0.333. The topological polar surface area (TPSA) is 42.3 Å². The molecule has 24 heavy (non-hydrogen) atoms. The molecule has 4 nitrogen and oxygen atoms in total. The number of fused-ring (bicyclic) bond motifs is 1. The van der Waals surface area contributed by atoms with Crippen molar-refractivity contribution >= 4 is 21.8 Å². The zero-order chi connectivity index (χ0) is 17.5. The lowest BCUT2D eigenvalue weighted by molar-refractivity contribution is -0.0328. The second kappa shape index (κ2) is 6.12. The zero-order valence-corrected chi connectivity index (χ0v) is 14.3. The number of hydrogen-bond donors (Lipinski definition) is 0. The molecular weight excluding hydrogens is 361 g/mol. The Morgan fingerprint density at radius 3 is 2.42 bits per heavy atom. The highest BCUT2D eigenvalue weighted by Gasteiger charge is 2.34. The van der Waals surface area contributed by atoms with Crippen molar-refractivity contribution in [3.63, 3.8) is 0 Å². The van der Waals surface area contributed by atoms with E-state index in [1.54, 1.807) is 6.92 Å². The minimum absolute atomic E-state index is 0.000815. The van der Waals surface area contributed by atoms with Crippen molar-refractivity contribution in [2.45, 2.75) is 34.8 Å². The van der Waals surface area contributed by atoms with Crippen molar-refractivity contribution in [2.75, 3.05) is 6.54 Å². The van der Waals surface area contributed by atoms with Crippen LogP contribution in [0.2, 0.25) is 0 Å². The predicted molar refractivity (Wildman–Crippen MR) is 85.1 cm³/mol. The van der Waals surface area contributed by atoms with Crippen LogP contribution in [-0.2, 0) is 16.6 Å². The predicted octanol–water partition coefficient (Wildman–Crippen LogP) is 3.87. The van der Waals surface area contributed by atoms with Crippen LogP contribution in [0, 0.1) is 0 Å². The van der Waals surface area contributed by atoms with Crippen molar-refractivity contribution in [1.29, 1.82) is 0 Å². The van der Waals surface area contributed by atoms with E-state index < -0.39 is 15.5 Å². The van der Waals surface area contributed by atoms with E-state index in [9.17, 15) is 21.6 Å². The molecule has 1 aromatic carbocycles. The third kappa shape index (κ3) is 3.33. The first-order valence-corrected chi connectivity index (χ1v) is 9.47. The zero-order valence-electron chi connectivity index (χ0n) is 12.7. The van der Waals surface area contributed by atoms with Crippen LogP contribution in [0.1, 0.15) is 18.7 Å². The van der Waals surface area contributed by atoms with Gasteiger partial charge in [-0.3, -0.25) is 0 Å². The van der Waals surface area contributed by atoms with Crippen molar-refractivity contribution in [2.24, 2.45) is 0 Å². The van der Waals surface area contributed by atoms with E-state index in [1.165, 1.54) is 28.6 Å². The van der Waals surface area contributed by atoms with Crippen LogP contribution in [0.15, 0.2) is 52.4 Å². The number of nitrogens with zero attached hydrogens (tertiary/aromatic N) is 2. The summed E-state index contributed by atoms with van der Waals surface area (Å²) >= 11 is -0.264. The van der Waals surface area contributed by atoms with Gasteiger partial charge in [0.25, 0.3) is 0 Å². The Balaban J connectivity index is 1.86. The van der Waals surface area contributed by atoms with Gasteiger partial charge in [-0.05, 0) is 55.1 Å². The Morgan fingerprint density at radius 1 is 1.12 bits per heavy atom. The second-order valence-corrected chi connectivity index (χ2v) is 8.47. The number of thioether (sulfide) groups is 1. The molecule has 0 aliphatic carbocycles. The number of benzene rings is 1. The summed E-state index contributed by atoms with van der Waals surface area (Å²) < 4.78 is 66.1. The maximum atomic E-state index is 12.8. The average molecular weight is 376 g/mol. The highest BCUT2D eigenvalue weighted by atomic mass is 32.2. The lowest BCUT2D eigenvalue weighted by atomic mass is 10.2. The molecule has 3 rings (SSSR count). The summed E-state index contributed by atoms with van der Waals surface area (Å²) in [6, 6.07) is 8.22. The maximum Gasteiger partial charge on any atom is 0.446 e. The Hall–Kier alpha value is -1.45. The van der Waals surface area contributed by atoms with Gasteiger partial charge < -0.3 is 4.57 Å². The molecule has 0 bridgehead atoms. The van der Waals surface area contributed by atoms with Crippen molar-refractivity contribution in [3.05, 3.63) is 48.3 Å². The Labute approximate surface area is 142 Å². The molecule has 1 aliphatic rings. The smallest absolute Gasteiger partial charge is 0.349 e. The highest BCUT2D eigenvalue weighted by molar-refractivity contribution is 8.00. The lowest BCUT2D eigenvalue weighted by Crippen LogP contribution is -2.40. The van der Waals surface area contributed by atoms with Gasteiger partial charge in [-0.1, -0.05) is 0 Å². The summed E-state index contributed by atoms with van der Waals surface area (Å²) in [5, 5.41) is 0. The molecule has 0 fully saturated rings.